The number of carbonyl (C=O) groups excluding carboxylic acids is 1. The van der Waals surface area contributed by atoms with Crippen LogP contribution in [0.2, 0.25) is 0 Å². The van der Waals surface area contributed by atoms with Crippen LogP contribution in [0.1, 0.15) is 12.8 Å². The first-order valence-electron chi connectivity index (χ1n) is 5.56. The minimum Gasteiger partial charge on any atom is -0.482 e. The fourth-order valence-corrected chi connectivity index (χ4v) is 1.29. The van der Waals surface area contributed by atoms with Crippen molar-refractivity contribution in [3.8, 4) is 5.75 Å². The van der Waals surface area contributed by atoms with Gasteiger partial charge in [0.05, 0.1) is 0 Å². The van der Waals surface area contributed by atoms with Gasteiger partial charge in [0.25, 0.3) is 0 Å². The molecule has 0 radical (unpaired) electrons. The van der Waals surface area contributed by atoms with Crippen molar-refractivity contribution in [3.63, 3.8) is 0 Å². The number of nitrogens with two attached hydrogens (primary N) is 1. The third kappa shape index (κ3) is 5.31. The SMILES string of the molecule is NCCCC(=O)Nc1cccc(OCC(=O)O)c1. The molecule has 1 amide bonds. The molecule has 6 nitrogen and oxygen atoms in total. The molecule has 0 bridgehead atoms. The molecule has 0 saturated carbocycles. The van der Waals surface area contributed by atoms with Crippen LogP contribution in [0.4, 0.5) is 5.69 Å². The van der Waals surface area contributed by atoms with E-state index in [9.17, 15) is 9.59 Å². The predicted molar refractivity (Wildman–Crippen MR) is 66.5 cm³/mol. The van der Waals surface area contributed by atoms with E-state index in [1.807, 2.05) is 0 Å². The van der Waals surface area contributed by atoms with E-state index in [1.54, 1.807) is 24.3 Å². The van der Waals surface area contributed by atoms with Crippen LogP contribution in [-0.2, 0) is 9.59 Å². The van der Waals surface area contributed by atoms with Gasteiger partial charge in [-0.1, -0.05) is 6.07 Å². The van der Waals surface area contributed by atoms with Crippen LogP contribution >= 0.6 is 0 Å². The van der Waals surface area contributed by atoms with Crippen LogP contribution < -0.4 is 15.8 Å². The van der Waals surface area contributed by atoms with E-state index in [1.165, 1.54) is 0 Å². The zero-order valence-electron chi connectivity index (χ0n) is 9.89. The molecule has 0 aromatic heterocycles. The van der Waals surface area contributed by atoms with Crippen LogP contribution in [0.25, 0.3) is 0 Å². The molecule has 1 aromatic rings. The van der Waals surface area contributed by atoms with Gasteiger partial charge >= 0.3 is 5.97 Å². The molecule has 0 unspecified atom stereocenters. The van der Waals surface area contributed by atoms with Gasteiger partial charge in [-0.3, -0.25) is 4.79 Å². The van der Waals surface area contributed by atoms with Crippen molar-refractivity contribution in [1.82, 2.24) is 0 Å². The maximum atomic E-state index is 11.4. The van der Waals surface area contributed by atoms with Gasteiger partial charge in [0.15, 0.2) is 6.61 Å². The number of nitrogens with one attached hydrogen (secondary N) is 1. The summed E-state index contributed by atoms with van der Waals surface area (Å²) in [6, 6.07) is 6.57. The summed E-state index contributed by atoms with van der Waals surface area (Å²) in [5.74, 6) is -0.780. The molecule has 4 N–H and O–H groups in total. The second kappa shape index (κ2) is 7.29. The van der Waals surface area contributed by atoms with Crippen molar-refractivity contribution in [2.45, 2.75) is 12.8 Å². The fourth-order valence-electron chi connectivity index (χ4n) is 1.29. The monoisotopic (exact) mass is 252 g/mol. The Morgan fingerprint density at radius 2 is 2.17 bits per heavy atom. The van der Waals surface area contributed by atoms with Crippen LogP contribution in [-0.4, -0.2) is 30.1 Å². The molecule has 6 heteroatoms. The molecular weight excluding hydrogens is 236 g/mol. The molecule has 0 fully saturated rings. The van der Waals surface area contributed by atoms with Gasteiger partial charge in [-0.25, -0.2) is 4.79 Å². The largest absolute Gasteiger partial charge is 0.482 e. The standard InChI is InChI=1S/C12H16N2O4/c13-6-2-5-11(15)14-9-3-1-4-10(7-9)18-8-12(16)17/h1,3-4,7H,2,5-6,8,13H2,(H,14,15)(H,16,17). The van der Waals surface area contributed by atoms with Crippen molar-refractivity contribution in [3.05, 3.63) is 24.3 Å². The van der Waals surface area contributed by atoms with Gasteiger partial charge in [-0.05, 0) is 25.1 Å². The molecule has 1 rings (SSSR count). The summed E-state index contributed by atoms with van der Waals surface area (Å²) in [6.45, 7) is 0.0553. The highest BCUT2D eigenvalue weighted by Gasteiger charge is 2.04. The van der Waals surface area contributed by atoms with Crippen molar-refractivity contribution >= 4 is 17.6 Å². The molecule has 0 aliphatic rings. The summed E-state index contributed by atoms with van der Waals surface area (Å²) in [5.41, 5.74) is 5.88. The normalized spacial score (nSPS) is 9.83. The van der Waals surface area contributed by atoms with Gasteiger partial charge < -0.3 is 20.9 Å². The third-order valence-corrected chi connectivity index (χ3v) is 2.09. The number of hydrogen-bond acceptors (Lipinski definition) is 4. The van der Waals surface area contributed by atoms with Crippen LogP contribution in [0, 0.1) is 0 Å². The zero-order valence-corrected chi connectivity index (χ0v) is 9.89. The van der Waals surface area contributed by atoms with Crippen molar-refractivity contribution < 1.29 is 19.4 Å². The molecule has 0 saturated heterocycles. The number of carboxylic acid groups (broad SMARTS) is 1. The molecule has 0 spiro atoms. The molecule has 0 atom stereocenters. The highest BCUT2D eigenvalue weighted by molar-refractivity contribution is 5.90. The number of hydrogen-bond donors (Lipinski definition) is 3. The summed E-state index contributed by atoms with van der Waals surface area (Å²) in [4.78, 5) is 21.8. The topological polar surface area (TPSA) is 102 Å². The summed E-state index contributed by atoms with van der Waals surface area (Å²) >= 11 is 0. The van der Waals surface area contributed by atoms with Gasteiger partial charge in [0.1, 0.15) is 5.75 Å². The highest BCUT2D eigenvalue weighted by atomic mass is 16.5. The van der Waals surface area contributed by atoms with E-state index in [2.05, 4.69) is 5.32 Å². The lowest BCUT2D eigenvalue weighted by Gasteiger charge is -2.07. The first kappa shape index (κ1) is 14.0. The quantitative estimate of drug-likeness (QED) is 0.667. The second-order valence-electron chi connectivity index (χ2n) is 3.65. The Kier molecular flexibility index (Phi) is 5.66. The minimum atomic E-state index is -1.05. The van der Waals surface area contributed by atoms with Crippen LogP contribution in [0.5, 0.6) is 5.75 Å². The third-order valence-electron chi connectivity index (χ3n) is 2.09. The number of aliphatic carboxylic acids is 1. The maximum absolute atomic E-state index is 11.4. The Labute approximate surface area is 105 Å². The number of amides is 1. The predicted octanol–water partition coefficient (Wildman–Crippen LogP) is 0.827. The minimum absolute atomic E-state index is 0.129. The molecule has 98 valence electrons. The number of carboxylic acids is 1. The summed E-state index contributed by atoms with van der Waals surface area (Å²) < 4.78 is 5.00. The Morgan fingerprint density at radius 1 is 1.39 bits per heavy atom. The fraction of sp³-hybridized carbons (Fsp3) is 0.333. The molecule has 18 heavy (non-hydrogen) atoms. The zero-order chi connectivity index (χ0) is 13.4. The van der Waals surface area contributed by atoms with E-state index in [0.29, 0.717) is 30.8 Å². The highest BCUT2D eigenvalue weighted by Crippen LogP contribution is 2.17. The summed E-state index contributed by atoms with van der Waals surface area (Å²) in [7, 11) is 0. The number of anilines is 1. The average Bonchev–Trinajstić information content (AvgIpc) is 2.34. The Morgan fingerprint density at radius 3 is 2.83 bits per heavy atom. The lowest BCUT2D eigenvalue weighted by Crippen LogP contribution is -2.13. The molecular formula is C12H16N2O4. The van der Waals surface area contributed by atoms with Crippen molar-refractivity contribution in [2.24, 2.45) is 5.73 Å². The molecule has 0 aliphatic heterocycles. The number of ether oxygens (including phenoxy) is 1. The van der Waals surface area contributed by atoms with Crippen molar-refractivity contribution in [2.75, 3.05) is 18.5 Å². The summed E-state index contributed by atoms with van der Waals surface area (Å²) in [5, 5.41) is 11.2. The number of carbonyl (C=O) groups is 2. The van der Waals surface area contributed by atoms with Crippen LogP contribution in [0.15, 0.2) is 24.3 Å². The summed E-state index contributed by atoms with van der Waals surface area (Å²) in [6.07, 6.45) is 0.984. The number of benzene rings is 1. The Balaban J connectivity index is 2.53. The Bertz CT molecular complexity index is 420. The average molecular weight is 252 g/mol. The lowest BCUT2D eigenvalue weighted by molar-refractivity contribution is -0.139. The lowest BCUT2D eigenvalue weighted by atomic mass is 10.2. The van der Waals surface area contributed by atoms with Crippen molar-refractivity contribution in [1.29, 1.82) is 0 Å². The van der Waals surface area contributed by atoms with E-state index >= 15 is 0 Å². The Hall–Kier alpha value is -2.08. The van der Waals surface area contributed by atoms with E-state index in [-0.39, 0.29) is 5.91 Å². The van der Waals surface area contributed by atoms with Crippen LogP contribution in [0.3, 0.4) is 0 Å². The van der Waals surface area contributed by atoms with E-state index < -0.39 is 12.6 Å². The molecule has 0 heterocycles. The molecule has 1 aromatic carbocycles. The van der Waals surface area contributed by atoms with Gasteiger partial charge in [-0.15, -0.1) is 0 Å². The van der Waals surface area contributed by atoms with Gasteiger partial charge in [0.2, 0.25) is 5.91 Å². The van der Waals surface area contributed by atoms with E-state index in [0.717, 1.165) is 0 Å². The first-order valence-corrected chi connectivity index (χ1v) is 5.56. The van der Waals surface area contributed by atoms with Gasteiger partial charge in [-0.2, -0.15) is 0 Å². The first-order chi connectivity index (χ1) is 8.61. The van der Waals surface area contributed by atoms with E-state index in [4.69, 9.17) is 15.6 Å². The van der Waals surface area contributed by atoms with Gasteiger partial charge in [0, 0.05) is 18.2 Å². The second-order valence-corrected chi connectivity index (χ2v) is 3.65. The maximum Gasteiger partial charge on any atom is 0.341 e. The smallest absolute Gasteiger partial charge is 0.341 e. The number of rotatable bonds is 7. The molecule has 0 aliphatic carbocycles.